The molecule has 0 bridgehead atoms. The maximum Gasteiger partial charge on any atom is 0.357 e. The number of carbonyl (C=O) groups is 2. The number of carbonyl (C=O) groups excluding carboxylic acids is 2. The summed E-state index contributed by atoms with van der Waals surface area (Å²) in [5.41, 5.74) is 9.35. The van der Waals surface area contributed by atoms with Crippen LogP contribution in [0.5, 0.6) is 0 Å². The van der Waals surface area contributed by atoms with E-state index in [0.717, 1.165) is 18.4 Å². The first kappa shape index (κ1) is 24.3. The smallest absolute Gasteiger partial charge is 0.357 e. The van der Waals surface area contributed by atoms with Gasteiger partial charge in [0, 0.05) is 36.3 Å². The van der Waals surface area contributed by atoms with Crippen LogP contribution in [0.4, 0.5) is 11.6 Å². The maximum absolute atomic E-state index is 12.8. The molecule has 0 saturated carbocycles. The number of anilines is 2. The van der Waals surface area contributed by atoms with E-state index < -0.39 is 5.97 Å². The highest BCUT2D eigenvalue weighted by atomic mass is 16.7. The van der Waals surface area contributed by atoms with Gasteiger partial charge in [0.2, 0.25) is 0 Å². The number of hydrogen-bond acceptors (Lipinski definition) is 8. The van der Waals surface area contributed by atoms with Crippen molar-refractivity contribution >= 4 is 29.0 Å². The highest BCUT2D eigenvalue weighted by Crippen LogP contribution is 2.36. The van der Waals surface area contributed by atoms with Gasteiger partial charge in [0.15, 0.2) is 0 Å². The van der Waals surface area contributed by atoms with Crippen LogP contribution in [0.3, 0.4) is 0 Å². The number of pyridine rings is 1. The molecule has 3 aromatic heterocycles. The van der Waals surface area contributed by atoms with E-state index in [2.05, 4.69) is 15.3 Å². The fraction of sp³-hybridized carbons (Fsp3) is 0.138. The number of benzene rings is 2. The van der Waals surface area contributed by atoms with Gasteiger partial charge in [-0.1, -0.05) is 36.4 Å². The van der Waals surface area contributed by atoms with Crippen LogP contribution in [0.1, 0.15) is 45.4 Å². The second-order valence-corrected chi connectivity index (χ2v) is 9.14. The second kappa shape index (κ2) is 10.3. The van der Waals surface area contributed by atoms with Gasteiger partial charge >= 0.3 is 5.97 Å². The highest BCUT2D eigenvalue weighted by Gasteiger charge is 2.34. The van der Waals surface area contributed by atoms with Gasteiger partial charge in [0.25, 0.3) is 5.91 Å². The third-order valence-corrected chi connectivity index (χ3v) is 6.65. The molecule has 1 atom stereocenters. The summed E-state index contributed by atoms with van der Waals surface area (Å²) >= 11 is 0. The third-order valence-electron chi connectivity index (χ3n) is 6.65. The van der Waals surface area contributed by atoms with Crippen LogP contribution in [0.2, 0.25) is 0 Å². The molecule has 1 fully saturated rings. The van der Waals surface area contributed by atoms with Gasteiger partial charge in [0.05, 0.1) is 5.56 Å². The molecule has 2 aromatic carbocycles. The molecule has 1 amide bonds. The second-order valence-electron chi connectivity index (χ2n) is 9.14. The number of amides is 1. The summed E-state index contributed by atoms with van der Waals surface area (Å²) in [5.74, 6) is 0.825. The van der Waals surface area contributed by atoms with Crippen molar-refractivity contribution in [2.24, 2.45) is 0 Å². The van der Waals surface area contributed by atoms with Crippen LogP contribution in [0, 0.1) is 0 Å². The number of nitrogens with one attached hydrogen (secondary N) is 1. The van der Waals surface area contributed by atoms with E-state index in [-0.39, 0.29) is 11.9 Å². The van der Waals surface area contributed by atoms with Gasteiger partial charge in [0.1, 0.15) is 34.7 Å². The predicted octanol–water partition coefficient (Wildman–Crippen LogP) is 4.53. The third kappa shape index (κ3) is 4.80. The van der Waals surface area contributed by atoms with E-state index in [1.165, 1.54) is 0 Å². The standard InChI is InChI=1S/C29H25N7O3/c30-26-25-24(19-11-13-20(14-12-19)28(37)33-23-10-4-5-15-31-23)34-27(35(25)18-16-32-26)22-9-6-17-36(22)39-29(38)21-7-2-1-3-8-21/h1-5,7-8,10-16,18,22H,6,9,17H2,(H2,30,32)(H,31,33,37). The quantitative estimate of drug-likeness (QED) is 0.335. The first-order valence-electron chi connectivity index (χ1n) is 12.6. The molecule has 10 nitrogen and oxygen atoms in total. The molecule has 39 heavy (non-hydrogen) atoms. The van der Waals surface area contributed by atoms with Gasteiger partial charge in [-0.2, -0.15) is 0 Å². The minimum atomic E-state index is -0.413. The van der Waals surface area contributed by atoms with Gasteiger partial charge < -0.3 is 15.9 Å². The largest absolute Gasteiger partial charge is 0.382 e. The van der Waals surface area contributed by atoms with E-state index in [4.69, 9.17) is 15.6 Å². The fourth-order valence-corrected chi connectivity index (χ4v) is 4.77. The Hall–Kier alpha value is -5.09. The van der Waals surface area contributed by atoms with Crippen molar-refractivity contribution in [2.45, 2.75) is 18.9 Å². The van der Waals surface area contributed by atoms with Crippen molar-refractivity contribution in [2.75, 3.05) is 17.6 Å². The average Bonchev–Trinajstić information content (AvgIpc) is 3.59. The van der Waals surface area contributed by atoms with Crippen LogP contribution >= 0.6 is 0 Å². The first-order valence-corrected chi connectivity index (χ1v) is 12.6. The zero-order valence-electron chi connectivity index (χ0n) is 20.9. The zero-order valence-corrected chi connectivity index (χ0v) is 20.9. The number of fused-ring (bicyclic) bond motifs is 1. The Morgan fingerprint density at radius 2 is 1.72 bits per heavy atom. The lowest BCUT2D eigenvalue weighted by molar-refractivity contribution is -0.122. The molecule has 194 valence electrons. The van der Waals surface area contributed by atoms with Crippen molar-refractivity contribution < 1.29 is 14.4 Å². The van der Waals surface area contributed by atoms with Crippen LogP contribution in [-0.2, 0) is 4.84 Å². The zero-order chi connectivity index (χ0) is 26.8. The molecule has 4 heterocycles. The number of nitrogen functional groups attached to an aromatic ring is 1. The number of hydrogen-bond donors (Lipinski definition) is 2. The Labute approximate surface area is 224 Å². The molecule has 6 rings (SSSR count). The lowest BCUT2D eigenvalue weighted by Crippen LogP contribution is -2.28. The molecule has 1 aliphatic heterocycles. The van der Waals surface area contributed by atoms with Crippen LogP contribution in [0.15, 0.2) is 91.4 Å². The number of imidazole rings is 1. The normalized spacial score (nSPS) is 15.3. The average molecular weight is 520 g/mol. The summed E-state index contributed by atoms with van der Waals surface area (Å²) in [6, 6.07) is 21.1. The van der Waals surface area contributed by atoms with Crippen LogP contribution in [0.25, 0.3) is 16.8 Å². The summed E-state index contributed by atoms with van der Waals surface area (Å²) in [5, 5.41) is 4.47. The maximum atomic E-state index is 12.8. The monoisotopic (exact) mass is 519 g/mol. The van der Waals surface area contributed by atoms with Crippen molar-refractivity contribution in [1.82, 2.24) is 24.4 Å². The lowest BCUT2D eigenvalue weighted by atomic mass is 10.1. The summed E-state index contributed by atoms with van der Waals surface area (Å²) in [6.07, 6.45) is 6.65. The Morgan fingerprint density at radius 3 is 2.49 bits per heavy atom. The molecule has 3 N–H and O–H groups in total. The van der Waals surface area contributed by atoms with E-state index in [9.17, 15) is 9.59 Å². The molecule has 1 aliphatic rings. The van der Waals surface area contributed by atoms with Crippen molar-refractivity contribution in [3.63, 3.8) is 0 Å². The number of aromatic nitrogens is 4. The van der Waals surface area contributed by atoms with Crippen LogP contribution < -0.4 is 11.1 Å². The van der Waals surface area contributed by atoms with E-state index in [1.54, 1.807) is 72.1 Å². The molecule has 0 aliphatic carbocycles. The van der Waals surface area contributed by atoms with Gasteiger partial charge in [-0.05, 0) is 49.2 Å². The minimum Gasteiger partial charge on any atom is -0.382 e. The molecule has 1 unspecified atom stereocenters. The Bertz CT molecular complexity index is 1640. The molecule has 5 aromatic rings. The molecular weight excluding hydrogens is 494 g/mol. The summed E-state index contributed by atoms with van der Waals surface area (Å²) in [4.78, 5) is 44.6. The van der Waals surface area contributed by atoms with E-state index in [0.29, 0.717) is 46.3 Å². The molecule has 0 radical (unpaired) electrons. The predicted molar refractivity (Wildman–Crippen MR) is 146 cm³/mol. The molecule has 1 saturated heterocycles. The van der Waals surface area contributed by atoms with Gasteiger partial charge in [-0.15, -0.1) is 5.06 Å². The number of hydroxylamine groups is 2. The molecule has 10 heteroatoms. The summed E-state index contributed by atoms with van der Waals surface area (Å²) in [6.45, 7) is 0.591. The van der Waals surface area contributed by atoms with E-state index in [1.807, 2.05) is 28.8 Å². The topological polar surface area (TPSA) is 128 Å². The lowest BCUT2D eigenvalue weighted by Gasteiger charge is -2.22. The Balaban J connectivity index is 1.30. The summed E-state index contributed by atoms with van der Waals surface area (Å²) in [7, 11) is 0. The highest BCUT2D eigenvalue weighted by molar-refractivity contribution is 6.04. The Kier molecular flexibility index (Phi) is 6.44. The molecule has 0 spiro atoms. The minimum absolute atomic E-state index is 0.260. The van der Waals surface area contributed by atoms with Crippen molar-refractivity contribution in [3.8, 4) is 11.3 Å². The summed E-state index contributed by atoms with van der Waals surface area (Å²) < 4.78 is 1.90. The molecular formula is C29H25N7O3. The number of nitrogens with two attached hydrogens (primary N) is 1. The van der Waals surface area contributed by atoms with Gasteiger partial charge in [-0.3, -0.25) is 9.20 Å². The van der Waals surface area contributed by atoms with Crippen molar-refractivity contribution in [1.29, 1.82) is 0 Å². The van der Waals surface area contributed by atoms with Crippen molar-refractivity contribution in [3.05, 3.63) is 108 Å². The van der Waals surface area contributed by atoms with Gasteiger partial charge in [-0.25, -0.2) is 19.7 Å². The van der Waals surface area contributed by atoms with Crippen LogP contribution in [-0.4, -0.2) is 42.8 Å². The number of rotatable bonds is 6. The first-order chi connectivity index (χ1) is 19.1. The number of nitrogens with zero attached hydrogens (tertiary/aromatic N) is 5. The SMILES string of the molecule is Nc1nccn2c(C3CCCN3OC(=O)c3ccccc3)nc(-c3ccc(C(=O)Nc4ccccn4)cc3)c12. The Morgan fingerprint density at radius 1 is 0.923 bits per heavy atom. The fourth-order valence-electron chi connectivity index (χ4n) is 4.77. The van der Waals surface area contributed by atoms with E-state index >= 15 is 0 Å².